The summed E-state index contributed by atoms with van der Waals surface area (Å²) in [6.07, 6.45) is 17.9. The molecule has 0 aromatic heterocycles. The van der Waals surface area contributed by atoms with E-state index in [1.54, 1.807) is 21.2 Å². The Labute approximate surface area is 126 Å². The molecule has 0 aliphatic rings. The molecule has 0 aliphatic carbocycles. The van der Waals surface area contributed by atoms with E-state index >= 15 is 0 Å². The first-order chi connectivity index (χ1) is 8.41. The van der Waals surface area contributed by atoms with Crippen LogP contribution in [0, 0.1) is 0 Å². The summed E-state index contributed by atoms with van der Waals surface area (Å²) in [7, 11) is 0. The predicted molar refractivity (Wildman–Crippen MR) is 84.6 cm³/mol. The second-order valence-electron chi connectivity index (χ2n) is 5.40. The Morgan fingerprint density at radius 2 is 0.833 bits per heavy atom. The monoisotopic (exact) mass is 361 g/mol. The van der Waals surface area contributed by atoms with Gasteiger partial charge in [0.1, 0.15) is 0 Å². The van der Waals surface area contributed by atoms with Crippen molar-refractivity contribution in [2.45, 2.75) is 99.3 Å². The summed E-state index contributed by atoms with van der Waals surface area (Å²) in [6, 6.07) is 0. The van der Waals surface area contributed by atoms with Crippen molar-refractivity contribution in [3.8, 4) is 0 Å². The molecule has 0 atom stereocenters. The van der Waals surface area contributed by atoms with Gasteiger partial charge in [0.05, 0.1) is 0 Å². The second-order valence-corrected chi connectivity index (χ2v) is 10.3. The molecule has 0 fully saturated rings. The van der Waals surface area contributed by atoms with E-state index in [9.17, 15) is 0 Å². The topological polar surface area (TPSA) is 0 Å². The molecular formula is C16H35FIn. The number of halogens is 1. The summed E-state index contributed by atoms with van der Waals surface area (Å²) >= 11 is -0.0928. The zero-order valence-corrected chi connectivity index (χ0v) is 16.2. The van der Waals surface area contributed by atoms with Crippen molar-refractivity contribution >= 4 is 22.9 Å². The minimum absolute atomic E-state index is 0. The Morgan fingerprint density at radius 3 is 1.22 bits per heavy atom. The van der Waals surface area contributed by atoms with Crippen molar-refractivity contribution in [2.75, 3.05) is 0 Å². The molecule has 0 saturated carbocycles. The maximum Gasteiger partial charge on any atom is -0.269 e. The normalized spacial score (nSPS) is 10.1. The second kappa shape index (κ2) is 20.1. The minimum Gasteiger partial charge on any atom is -0.269 e. The third kappa shape index (κ3) is 19.1. The van der Waals surface area contributed by atoms with E-state index in [4.69, 9.17) is 0 Å². The van der Waals surface area contributed by atoms with Crippen molar-refractivity contribution < 1.29 is 4.70 Å². The zero-order chi connectivity index (χ0) is 12.6. The van der Waals surface area contributed by atoms with E-state index in [1.807, 2.05) is 0 Å². The zero-order valence-electron chi connectivity index (χ0n) is 12.9. The van der Waals surface area contributed by atoms with Crippen LogP contribution in [0.3, 0.4) is 0 Å². The van der Waals surface area contributed by atoms with Crippen LogP contribution in [0.2, 0.25) is 8.35 Å². The van der Waals surface area contributed by atoms with Crippen LogP contribution in [0.25, 0.3) is 0 Å². The molecule has 0 aromatic carbocycles. The number of unbranched alkanes of at least 4 members (excludes halogenated alkanes) is 10. The van der Waals surface area contributed by atoms with E-state index in [1.165, 1.54) is 64.2 Å². The van der Waals surface area contributed by atoms with Crippen LogP contribution in [-0.2, 0) is 0 Å². The summed E-state index contributed by atoms with van der Waals surface area (Å²) in [6.45, 7) is 4.60. The van der Waals surface area contributed by atoms with Gasteiger partial charge in [0.2, 0.25) is 0 Å². The molecule has 0 aliphatic heterocycles. The molecule has 0 N–H and O–H groups in total. The molecule has 0 aromatic rings. The van der Waals surface area contributed by atoms with Crippen molar-refractivity contribution in [1.29, 1.82) is 0 Å². The molecule has 0 unspecified atom stereocenters. The van der Waals surface area contributed by atoms with Crippen molar-refractivity contribution in [1.82, 2.24) is 0 Å². The Morgan fingerprint density at radius 1 is 0.500 bits per heavy atom. The van der Waals surface area contributed by atoms with Gasteiger partial charge in [0.25, 0.3) is 0 Å². The Balaban J connectivity index is 0. The number of rotatable bonds is 14. The van der Waals surface area contributed by atoms with Gasteiger partial charge in [-0.05, 0) is 0 Å². The van der Waals surface area contributed by atoms with Gasteiger partial charge in [-0.25, -0.2) is 0 Å². The third-order valence-electron chi connectivity index (χ3n) is 3.52. The Kier molecular flexibility index (Phi) is 23.6. The van der Waals surface area contributed by atoms with Crippen LogP contribution in [-0.4, -0.2) is 22.9 Å². The number of hydrogen-bond donors (Lipinski definition) is 0. The van der Waals surface area contributed by atoms with Gasteiger partial charge in [0.15, 0.2) is 0 Å². The van der Waals surface area contributed by atoms with E-state index in [-0.39, 0.29) is 27.6 Å². The first-order valence-corrected chi connectivity index (χ1v) is 12.9. The third-order valence-corrected chi connectivity index (χ3v) is 8.18. The molecule has 0 nitrogen and oxygen atoms in total. The summed E-state index contributed by atoms with van der Waals surface area (Å²) in [5.41, 5.74) is 0. The van der Waals surface area contributed by atoms with Gasteiger partial charge in [-0.2, -0.15) is 0 Å². The van der Waals surface area contributed by atoms with Crippen LogP contribution < -0.4 is 0 Å². The fraction of sp³-hybridized carbons (Fsp3) is 1.00. The van der Waals surface area contributed by atoms with Gasteiger partial charge in [-0.3, -0.25) is 4.70 Å². The minimum atomic E-state index is -0.0928. The standard InChI is InChI=1S/2C8H17.FH.In/c2*1-3-5-7-8-6-4-2;;/h2*1,3-8H2,2H3;1H;. The smallest absolute Gasteiger partial charge is 0.269 e. The van der Waals surface area contributed by atoms with Crippen molar-refractivity contribution in [2.24, 2.45) is 0 Å². The van der Waals surface area contributed by atoms with Crippen LogP contribution in [0.1, 0.15) is 90.9 Å². The summed E-state index contributed by atoms with van der Waals surface area (Å²) in [5, 5.41) is 0. The van der Waals surface area contributed by atoms with Gasteiger partial charge < -0.3 is 0 Å². The van der Waals surface area contributed by atoms with E-state index in [0.29, 0.717) is 0 Å². The van der Waals surface area contributed by atoms with Crippen LogP contribution >= 0.6 is 0 Å². The molecule has 0 rings (SSSR count). The first-order valence-electron chi connectivity index (χ1n) is 8.23. The molecule has 109 valence electrons. The van der Waals surface area contributed by atoms with Crippen LogP contribution in [0.4, 0.5) is 4.70 Å². The van der Waals surface area contributed by atoms with Gasteiger partial charge in [-0.15, -0.1) is 0 Å². The predicted octanol–water partition coefficient (Wildman–Crippen LogP) is 6.40. The SMILES string of the molecule is CCCCCCC[CH2][In][CH2]CCCCCCC.F. The van der Waals surface area contributed by atoms with E-state index < -0.39 is 0 Å². The molecule has 18 heavy (non-hydrogen) atoms. The maximum atomic E-state index is 2.30. The van der Waals surface area contributed by atoms with Crippen LogP contribution in [0.5, 0.6) is 0 Å². The summed E-state index contributed by atoms with van der Waals surface area (Å²) < 4.78 is 3.35. The molecule has 0 heterocycles. The van der Waals surface area contributed by atoms with E-state index in [2.05, 4.69) is 13.8 Å². The average molecular weight is 361 g/mol. The van der Waals surface area contributed by atoms with Gasteiger partial charge in [-0.1, -0.05) is 0 Å². The Bertz CT molecular complexity index is 114. The molecule has 0 bridgehead atoms. The summed E-state index contributed by atoms with van der Waals surface area (Å²) in [4.78, 5) is 0. The first kappa shape index (κ1) is 21.1. The van der Waals surface area contributed by atoms with E-state index in [0.717, 1.165) is 0 Å². The van der Waals surface area contributed by atoms with Gasteiger partial charge in [0, 0.05) is 0 Å². The fourth-order valence-corrected chi connectivity index (χ4v) is 6.40. The largest absolute Gasteiger partial charge is 0.269 e. The van der Waals surface area contributed by atoms with Crippen molar-refractivity contribution in [3.63, 3.8) is 0 Å². The molecular weight excluding hydrogens is 326 g/mol. The molecule has 0 amide bonds. The molecule has 0 saturated heterocycles. The fourth-order valence-electron chi connectivity index (χ4n) is 2.28. The quantitative estimate of drug-likeness (QED) is 0.314. The van der Waals surface area contributed by atoms with Crippen molar-refractivity contribution in [3.05, 3.63) is 0 Å². The number of hydrogen-bond acceptors (Lipinski definition) is 0. The average Bonchev–Trinajstić information content (AvgIpc) is 2.35. The Hall–Kier alpha value is 0.800. The van der Waals surface area contributed by atoms with Gasteiger partial charge >= 0.3 is 122 Å². The molecule has 2 heteroatoms. The summed E-state index contributed by atoms with van der Waals surface area (Å²) in [5.74, 6) is 0. The molecule has 0 spiro atoms. The maximum absolute atomic E-state index is 2.30. The van der Waals surface area contributed by atoms with Crippen LogP contribution in [0.15, 0.2) is 0 Å². The molecule has 1 radical (unpaired) electrons.